The van der Waals surface area contributed by atoms with E-state index in [0.29, 0.717) is 22.4 Å². The minimum atomic E-state index is 0.471. The third kappa shape index (κ3) is 1.94. The van der Waals surface area contributed by atoms with Gasteiger partial charge in [-0.25, -0.2) is 4.98 Å². The molecular weight excluding hydrogens is 222 g/mol. The molecule has 1 aromatic carbocycles. The summed E-state index contributed by atoms with van der Waals surface area (Å²) >= 11 is 1.28. The van der Waals surface area contributed by atoms with Crippen LogP contribution in [0.2, 0.25) is 0 Å². The number of ether oxygens (including phenoxy) is 1. The minimum absolute atomic E-state index is 0.471. The molecule has 0 unspecified atom stereocenters. The SMILES string of the molecule is CCOc1ccccc1-c1nc(N)sc1N. The van der Waals surface area contributed by atoms with Crippen LogP contribution in [0.5, 0.6) is 5.75 Å². The highest BCUT2D eigenvalue weighted by molar-refractivity contribution is 7.19. The topological polar surface area (TPSA) is 74.2 Å². The lowest BCUT2D eigenvalue weighted by atomic mass is 10.1. The van der Waals surface area contributed by atoms with E-state index in [-0.39, 0.29) is 0 Å². The molecule has 0 spiro atoms. The van der Waals surface area contributed by atoms with Gasteiger partial charge >= 0.3 is 0 Å². The van der Waals surface area contributed by atoms with Crippen molar-refractivity contribution in [3.8, 4) is 17.0 Å². The van der Waals surface area contributed by atoms with E-state index < -0.39 is 0 Å². The smallest absolute Gasteiger partial charge is 0.182 e. The van der Waals surface area contributed by atoms with Crippen LogP contribution in [-0.2, 0) is 0 Å². The van der Waals surface area contributed by atoms with Gasteiger partial charge in [-0.3, -0.25) is 0 Å². The van der Waals surface area contributed by atoms with Gasteiger partial charge in [-0.05, 0) is 19.1 Å². The summed E-state index contributed by atoms with van der Waals surface area (Å²) < 4.78 is 5.52. The Bertz CT molecular complexity index is 496. The Hall–Kier alpha value is -1.75. The number of aromatic nitrogens is 1. The summed E-state index contributed by atoms with van der Waals surface area (Å²) in [6.07, 6.45) is 0. The summed E-state index contributed by atoms with van der Waals surface area (Å²) in [5, 5.41) is 1.09. The van der Waals surface area contributed by atoms with Gasteiger partial charge in [-0.15, -0.1) is 0 Å². The monoisotopic (exact) mass is 235 g/mol. The van der Waals surface area contributed by atoms with Crippen LogP contribution >= 0.6 is 11.3 Å². The van der Waals surface area contributed by atoms with Crippen molar-refractivity contribution in [1.29, 1.82) is 0 Å². The van der Waals surface area contributed by atoms with E-state index in [4.69, 9.17) is 16.2 Å². The zero-order valence-corrected chi connectivity index (χ0v) is 9.75. The van der Waals surface area contributed by atoms with Crippen molar-refractivity contribution >= 4 is 21.5 Å². The van der Waals surface area contributed by atoms with Crippen molar-refractivity contribution in [2.45, 2.75) is 6.92 Å². The van der Waals surface area contributed by atoms with Gasteiger partial charge in [-0.1, -0.05) is 23.5 Å². The Kier molecular flexibility index (Phi) is 2.96. The van der Waals surface area contributed by atoms with Gasteiger partial charge in [0.2, 0.25) is 0 Å². The average Bonchev–Trinajstić information content (AvgIpc) is 2.59. The van der Waals surface area contributed by atoms with E-state index in [1.807, 2.05) is 31.2 Å². The van der Waals surface area contributed by atoms with Gasteiger partial charge in [0.05, 0.1) is 6.61 Å². The van der Waals surface area contributed by atoms with Crippen molar-refractivity contribution in [3.63, 3.8) is 0 Å². The second-order valence-corrected chi connectivity index (χ2v) is 4.26. The third-order valence-corrected chi connectivity index (χ3v) is 2.83. The molecule has 0 aliphatic carbocycles. The fourth-order valence-electron chi connectivity index (χ4n) is 1.49. The van der Waals surface area contributed by atoms with E-state index >= 15 is 0 Å². The normalized spacial score (nSPS) is 10.3. The van der Waals surface area contributed by atoms with Gasteiger partial charge in [0.25, 0.3) is 0 Å². The van der Waals surface area contributed by atoms with Crippen LogP contribution in [0.15, 0.2) is 24.3 Å². The number of anilines is 2. The predicted octanol–water partition coefficient (Wildman–Crippen LogP) is 2.37. The van der Waals surface area contributed by atoms with E-state index in [2.05, 4.69) is 4.98 Å². The van der Waals surface area contributed by atoms with Crippen molar-refractivity contribution < 1.29 is 4.74 Å². The zero-order chi connectivity index (χ0) is 11.5. The molecule has 0 aliphatic rings. The summed E-state index contributed by atoms with van der Waals surface area (Å²) in [6, 6.07) is 7.66. The highest BCUT2D eigenvalue weighted by atomic mass is 32.1. The maximum atomic E-state index is 5.86. The van der Waals surface area contributed by atoms with Crippen LogP contribution in [0.25, 0.3) is 11.3 Å². The molecule has 0 aliphatic heterocycles. The van der Waals surface area contributed by atoms with Crippen LogP contribution in [0.3, 0.4) is 0 Å². The van der Waals surface area contributed by atoms with Gasteiger partial charge in [-0.2, -0.15) is 0 Å². The molecule has 1 aromatic heterocycles. The van der Waals surface area contributed by atoms with Crippen molar-refractivity contribution in [3.05, 3.63) is 24.3 Å². The fraction of sp³-hybridized carbons (Fsp3) is 0.182. The highest BCUT2D eigenvalue weighted by Crippen LogP contribution is 2.36. The molecule has 0 atom stereocenters. The number of para-hydroxylation sites is 1. The zero-order valence-electron chi connectivity index (χ0n) is 8.93. The van der Waals surface area contributed by atoms with E-state index in [1.165, 1.54) is 11.3 Å². The Morgan fingerprint density at radius 1 is 1.31 bits per heavy atom. The average molecular weight is 235 g/mol. The third-order valence-electron chi connectivity index (χ3n) is 2.11. The molecule has 4 nitrogen and oxygen atoms in total. The number of hydrogen-bond acceptors (Lipinski definition) is 5. The van der Waals surface area contributed by atoms with E-state index in [1.54, 1.807) is 0 Å². The molecule has 0 radical (unpaired) electrons. The van der Waals surface area contributed by atoms with Crippen LogP contribution in [0.1, 0.15) is 6.92 Å². The lowest BCUT2D eigenvalue weighted by Crippen LogP contribution is -1.95. The van der Waals surface area contributed by atoms with Gasteiger partial charge in [0.15, 0.2) is 5.13 Å². The van der Waals surface area contributed by atoms with Crippen LogP contribution in [-0.4, -0.2) is 11.6 Å². The number of thiazole rings is 1. The Morgan fingerprint density at radius 3 is 2.69 bits per heavy atom. The molecule has 0 fully saturated rings. The molecule has 0 amide bonds. The summed E-state index contributed by atoms with van der Waals surface area (Å²) in [5.74, 6) is 0.780. The van der Waals surface area contributed by atoms with E-state index in [0.717, 1.165) is 11.3 Å². The first-order valence-corrected chi connectivity index (χ1v) is 5.78. The summed E-state index contributed by atoms with van der Waals surface area (Å²) in [5.41, 5.74) is 13.1. The number of hydrogen-bond donors (Lipinski definition) is 2. The highest BCUT2D eigenvalue weighted by Gasteiger charge is 2.13. The largest absolute Gasteiger partial charge is 0.493 e. The molecule has 2 aromatic rings. The lowest BCUT2D eigenvalue weighted by molar-refractivity contribution is 0.341. The Morgan fingerprint density at radius 2 is 2.06 bits per heavy atom. The Labute approximate surface area is 97.9 Å². The first-order chi connectivity index (χ1) is 7.72. The first-order valence-electron chi connectivity index (χ1n) is 4.96. The molecule has 0 saturated carbocycles. The second-order valence-electron chi connectivity index (χ2n) is 3.19. The van der Waals surface area contributed by atoms with E-state index in [9.17, 15) is 0 Å². The molecule has 1 heterocycles. The molecular formula is C11H13N3OS. The molecule has 84 valence electrons. The van der Waals surface area contributed by atoms with Crippen LogP contribution in [0.4, 0.5) is 10.1 Å². The lowest BCUT2D eigenvalue weighted by Gasteiger charge is -2.08. The number of nitrogen functional groups attached to an aromatic ring is 2. The molecule has 4 N–H and O–H groups in total. The van der Waals surface area contributed by atoms with Crippen molar-refractivity contribution in [1.82, 2.24) is 4.98 Å². The molecule has 16 heavy (non-hydrogen) atoms. The van der Waals surface area contributed by atoms with Crippen molar-refractivity contribution in [2.24, 2.45) is 0 Å². The van der Waals surface area contributed by atoms with Gasteiger partial charge in [0.1, 0.15) is 16.4 Å². The first kappa shape index (κ1) is 10.8. The van der Waals surface area contributed by atoms with Crippen LogP contribution in [0, 0.1) is 0 Å². The predicted molar refractivity (Wildman–Crippen MR) is 67.5 cm³/mol. The second kappa shape index (κ2) is 4.40. The number of nitrogens with zero attached hydrogens (tertiary/aromatic N) is 1. The molecule has 5 heteroatoms. The molecule has 0 bridgehead atoms. The standard InChI is InChI=1S/C11H13N3OS/c1-2-15-8-6-4-3-5-7(8)9-10(12)16-11(13)14-9/h3-6H,2,12H2,1H3,(H2,13,14). The molecule has 2 rings (SSSR count). The minimum Gasteiger partial charge on any atom is -0.493 e. The number of benzene rings is 1. The quantitative estimate of drug-likeness (QED) is 0.856. The van der Waals surface area contributed by atoms with Crippen LogP contribution < -0.4 is 16.2 Å². The summed E-state index contributed by atoms with van der Waals surface area (Å²) in [6.45, 7) is 2.55. The maximum Gasteiger partial charge on any atom is 0.182 e. The summed E-state index contributed by atoms with van der Waals surface area (Å²) in [7, 11) is 0. The van der Waals surface area contributed by atoms with Gasteiger partial charge in [0, 0.05) is 5.56 Å². The van der Waals surface area contributed by atoms with Gasteiger partial charge < -0.3 is 16.2 Å². The Balaban J connectivity index is 2.50. The summed E-state index contributed by atoms with van der Waals surface area (Å²) in [4.78, 5) is 4.21. The number of nitrogens with two attached hydrogens (primary N) is 2. The molecule has 0 saturated heterocycles. The number of rotatable bonds is 3. The maximum absolute atomic E-state index is 5.86. The van der Waals surface area contributed by atoms with Crippen molar-refractivity contribution in [2.75, 3.05) is 18.1 Å². The fourth-order valence-corrected chi connectivity index (χ4v) is 2.10.